The van der Waals surface area contributed by atoms with E-state index in [2.05, 4.69) is 4.74 Å². The van der Waals surface area contributed by atoms with Crippen molar-refractivity contribution >= 4 is 5.97 Å². The van der Waals surface area contributed by atoms with Crippen molar-refractivity contribution in [2.24, 2.45) is 5.73 Å². The molecule has 5 nitrogen and oxygen atoms in total. The summed E-state index contributed by atoms with van der Waals surface area (Å²) >= 11 is 0. The van der Waals surface area contributed by atoms with Crippen LogP contribution < -0.4 is 10.5 Å². The molecule has 0 saturated carbocycles. The van der Waals surface area contributed by atoms with Crippen molar-refractivity contribution in [3.05, 3.63) is 28.8 Å². The van der Waals surface area contributed by atoms with Gasteiger partial charge in [-0.05, 0) is 24.6 Å². The largest absolute Gasteiger partial charge is 0.466 e. The molecule has 20 heavy (non-hydrogen) atoms. The minimum atomic E-state index is -3.01. The Morgan fingerprint density at radius 2 is 2.15 bits per heavy atom. The molecule has 0 aliphatic carbocycles. The number of nitrogens with two attached hydrogens (primary N) is 1. The van der Waals surface area contributed by atoms with Gasteiger partial charge in [0.25, 0.3) is 0 Å². The van der Waals surface area contributed by atoms with E-state index in [9.17, 15) is 13.6 Å². The van der Waals surface area contributed by atoms with Gasteiger partial charge in [0.05, 0.1) is 24.7 Å². The number of carbonyl (C=O) groups is 1. The zero-order valence-corrected chi connectivity index (χ0v) is 10.9. The maximum absolute atomic E-state index is 12.3. The number of alkyl halides is 2. The molecule has 108 valence electrons. The topological polar surface area (TPSA) is 85.3 Å². The monoisotopic (exact) mass is 284 g/mol. The van der Waals surface area contributed by atoms with Gasteiger partial charge in [-0.25, -0.2) is 0 Å². The van der Waals surface area contributed by atoms with Crippen LogP contribution in [0.1, 0.15) is 23.6 Å². The molecule has 0 amide bonds. The summed E-state index contributed by atoms with van der Waals surface area (Å²) in [7, 11) is 0. The van der Waals surface area contributed by atoms with E-state index < -0.39 is 12.6 Å². The molecule has 0 radical (unpaired) electrons. The van der Waals surface area contributed by atoms with Crippen LogP contribution in [-0.2, 0) is 22.5 Å². The van der Waals surface area contributed by atoms with Gasteiger partial charge in [0.15, 0.2) is 0 Å². The summed E-state index contributed by atoms with van der Waals surface area (Å²) < 4.78 is 33.6. The lowest BCUT2D eigenvalue weighted by atomic mass is 10.0. The van der Waals surface area contributed by atoms with Crippen LogP contribution in [0.25, 0.3) is 0 Å². The average Bonchev–Trinajstić information content (AvgIpc) is 2.39. The highest BCUT2D eigenvalue weighted by Gasteiger charge is 2.16. The standard InChI is InChI=1S/C13H14F2N2O3/c1-2-19-12(18)5-8-3-10(7-17)11(20-13(14)15)4-9(8)6-16/h3-4,13H,2,5,7,17H2,1H3. The zero-order chi connectivity index (χ0) is 15.1. The number of ether oxygens (including phenoxy) is 2. The van der Waals surface area contributed by atoms with Gasteiger partial charge in [-0.2, -0.15) is 14.0 Å². The first-order valence-corrected chi connectivity index (χ1v) is 5.88. The van der Waals surface area contributed by atoms with Crippen molar-refractivity contribution in [3.8, 4) is 11.8 Å². The summed E-state index contributed by atoms with van der Waals surface area (Å²) in [6, 6.07) is 4.40. The lowest BCUT2D eigenvalue weighted by molar-refractivity contribution is -0.142. The molecule has 1 aromatic carbocycles. The second-order valence-electron chi connectivity index (χ2n) is 3.79. The third kappa shape index (κ3) is 4.17. The van der Waals surface area contributed by atoms with Crippen LogP contribution in [0.4, 0.5) is 8.78 Å². The molecule has 0 bridgehead atoms. The van der Waals surface area contributed by atoms with Gasteiger partial charge < -0.3 is 15.2 Å². The number of nitriles is 1. The Hall–Kier alpha value is -2.20. The molecule has 0 atom stereocenters. The SMILES string of the molecule is CCOC(=O)Cc1cc(CN)c(OC(F)F)cc1C#N. The Morgan fingerprint density at radius 3 is 2.65 bits per heavy atom. The highest BCUT2D eigenvalue weighted by molar-refractivity contribution is 5.74. The fraction of sp³-hybridized carbons (Fsp3) is 0.385. The van der Waals surface area contributed by atoms with Gasteiger partial charge >= 0.3 is 12.6 Å². The van der Waals surface area contributed by atoms with Crippen molar-refractivity contribution in [2.45, 2.75) is 26.5 Å². The third-order valence-electron chi connectivity index (χ3n) is 2.48. The molecule has 0 aliphatic heterocycles. The second kappa shape index (κ2) is 7.40. The van der Waals surface area contributed by atoms with E-state index in [-0.39, 0.29) is 30.9 Å². The number of rotatable bonds is 6. The predicted molar refractivity (Wildman–Crippen MR) is 66.0 cm³/mol. The summed E-state index contributed by atoms with van der Waals surface area (Å²) in [5.41, 5.74) is 6.19. The van der Waals surface area contributed by atoms with Crippen molar-refractivity contribution in [1.82, 2.24) is 0 Å². The summed E-state index contributed by atoms with van der Waals surface area (Å²) in [5.74, 6) is -0.666. The van der Waals surface area contributed by atoms with E-state index >= 15 is 0 Å². The van der Waals surface area contributed by atoms with Crippen molar-refractivity contribution in [3.63, 3.8) is 0 Å². The Balaban J connectivity index is 3.12. The first kappa shape index (κ1) is 15.9. The van der Waals surface area contributed by atoms with Gasteiger partial charge in [-0.1, -0.05) is 0 Å². The minimum Gasteiger partial charge on any atom is -0.466 e. The van der Waals surface area contributed by atoms with Crippen LogP contribution in [-0.4, -0.2) is 19.2 Å². The normalized spacial score (nSPS) is 10.2. The van der Waals surface area contributed by atoms with Crippen molar-refractivity contribution in [2.75, 3.05) is 6.61 Å². The fourth-order valence-corrected chi connectivity index (χ4v) is 1.66. The second-order valence-corrected chi connectivity index (χ2v) is 3.79. The Kier molecular flexibility index (Phi) is 5.87. The number of halogens is 2. The molecule has 1 aromatic rings. The van der Waals surface area contributed by atoms with Crippen LogP contribution in [0.2, 0.25) is 0 Å². The van der Waals surface area contributed by atoms with Gasteiger partial charge in [0, 0.05) is 12.1 Å². The van der Waals surface area contributed by atoms with Crippen LogP contribution in [0.5, 0.6) is 5.75 Å². The van der Waals surface area contributed by atoms with Crippen LogP contribution in [0, 0.1) is 11.3 Å². The molecule has 0 fully saturated rings. The highest BCUT2D eigenvalue weighted by Crippen LogP contribution is 2.25. The fourth-order valence-electron chi connectivity index (χ4n) is 1.66. The highest BCUT2D eigenvalue weighted by atomic mass is 19.3. The molecular weight excluding hydrogens is 270 g/mol. The predicted octanol–water partition coefficient (Wildman–Crippen LogP) is 1.72. The summed E-state index contributed by atoms with van der Waals surface area (Å²) in [6.45, 7) is -1.18. The number of nitrogens with zero attached hydrogens (tertiary/aromatic N) is 1. The number of hydrogen-bond donors (Lipinski definition) is 1. The first-order chi connectivity index (χ1) is 9.51. The molecule has 7 heteroatoms. The Bertz CT molecular complexity index is 527. The molecule has 0 heterocycles. The Labute approximate surface area is 114 Å². The summed E-state index contributed by atoms with van der Waals surface area (Å²) in [5, 5.41) is 9.01. The summed E-state index contributed by atoms with van der Waals surface area (Å²) in [6.07, 6.45) is -0.126. The average molecular weight is 284 g/mol. The van der Waals surface area contributed by atoms with E-state index in [1.165, 1.54) is 6.07 Å². The molecule has 2 N–H and O–H groups in total. The molecule has 0 aromatic heterocycles. The molecule has 0 aliphatic rings. The maximum Gasteiger partial charge on any atom is 0.387 e. The van der Waals surface area contributed by atoms with E-state index in [1.807, 2.05) is 6.07 Å². The molecule has 0 spiro atoms. The van der Waals surface area contributed by atoms with Crippen molar-refractivity contribution in [1.29, 1.82) is 5.26 Å². The van der Waals surface area contributed by atoms with E-state index in [0.717, 1.165) is 6.07 Å². The van der Waals surface area contributed by atoms with Crippen LogP contribution in [0.15, 0.2) is 12.1 Å². The molecular formula is C13H14F2N2O3. The van der Waals surface area contributed by atoms with E-state index in [1.54, 1.807) is 6.92 Å². The smallest absolute Gasteiger partial charge is 0.387 e. The van der Waals surface area contributed by atoms with Crippen LogP contribution in [0.3, 0.4) is 0 Å². The van der Waals surface area contributed by atoms with Gasteiger partial charge in [0.1, 0.15) is 5.75 Å². The quantitative estimate of drug-likeness (QED) is 0.804. The number of benzene rings is 1. The molecule has 0 saturated heterocycles. The third-order valence-corrected chi connectivity index (χ3v) is 2.48. The van der Waals surface area contributed by atoms with Crippen LogP contribution >= 0.6 is 0 Å². The first-order valence-electron chi connectivity index (χ1n) is 5.88. The van der Waals surface area contributed by atoms with Gasteiger partial charge in [-0.15, -0.1) is 0 Å². The molecule has 0 unspecified atom stereocenters. The number of esters is 1. The lowest BCUT2D eigenvalue weighted by Crippen LogP contribution is -2.12. The van der Waals surface area contributed by atoms with E-state index in [0.29, 0.717) is 11.1 Å². The molecule has 1 rings (SSSR count). The van der Waals surface area contributed by atoms with Crippen molar-refractivity contribution < 1.29 is 23.0 Å². The zero-order valence-electron chi connectivity index (χ0n) is 10.9. The lowest BCUT2D eigenvalue weighted by Gasteiger charge is -2.12. The van der Waals surface area contributed by atoms with Gasteiger partial charge in [0.2, 0.25) is 0 Å². The Morgan fingerprint density at radius 1 is 1.45 bits per heavy atom. The van der Waals surface area contributed by atoms with Gasteiger partial charge in [-0.3, -0.25) is 4.79 Å². The number of carbonyl (C=O) groups excluding carboxylic acids is 1. The van der Waals surface area contributed by atoms with E-state index in [4.69, 9.17) is 15.7 Å². The minimum absolute atomic E-state index is 0.0520. The number of hydrogen-bond acceptors (Lipinski definition) is 5. The maximum atomic E-state index is 12.3. The summed E-state index contributed by atoms with van der Waals surface area (Å²) in [4.78, 5) is 11.4.